The fraction of sp³-hybridized carbons (Fsp3) is 0.462. The van der Waals surface area contributed by atoms with E-state index in [2.05, 4.69) is 66.9 Å². The zero-order chi connectivity index (χ0) is 19.6. The average Bonchev–Trinajstić information content (AvgIpc) is 3.13. The van der Waals surface area contributed by atoms with Gasteiger partial charge in [0.2, 0.25) is 0 Å². The highest BCUT2D eigenvalue weighted by Gasteiger charge is 2.54. The predicted octanol–water partition coefficient (Wildman–Crippen LogP) is 6.02. The highest BCUT2D eigenvalue weighted by Crippen LogP contribution is 2.60. The van der Waals surface area contributed by atoms with Gasteiger partial charge in [0.05, 0.1) is 5.69 Å². The van der Waals surface area contributed by atoms with E-state index in [0.29, 0.717) is 0 Å². The number of nitrogens with zero attached hydrogens (tertiary/aromatic N) is 3. The molecule has 3 heteroatoms. The molecule has 0 aliphatic heterocycles. The van der Waals surface area contributed by atoms with Crippen molar-refractivity contribution in [3.05, 3.63) is 65.5 Å². The molecular weight excluding hydrogens is 354 g/mol. The SMILES string of the molecule is Cc1cccc(C)c1-n1c(-c2ccccc2)nnc1C12CC3CC(CC(C3)C1)C2. The molecule has 4 bridgehead atoms. The van der Waals surface area contributed by atoms with Gasteiger partial charge in [-0.25, -0.2) is 0 Å². The van der Waals surface area contributed by atoms with Crippen molar-refractivity contribution in [2.24, 2.45) is 17.8 Å². The van der Waals surface area contributed by atoms with Gasteiger partial charge in [0.1, 0.15) is 5.82 Å². The maximum Gasteiger partial charge on any atom is 0.168 e. The molecule has 3 nitrogen and oxygen atoms in total. The van der Waals surface area contributed by atoms with Crippen LogP contribution in [-0.2, 0) is 5.41 Å². The van der Waals surface area contributed by atoms with E-state index >= 15 is 0 Å². The fourth-order valence-corrected chi connectivity index (χ4v) is 7.16. The van der Waals surface area contributed by atoms with Crippen LogP contribution in [0.25, 0.3) is 17.1 Å². The van der Waals surface area contributed by atoms with Crippen LogP contribution in [0.15, 0.2) is 48.5 Å². The summed E-state index contributed by atoms with van der Waals surface area (Å²) in [6.07, 6.45) is 8.25. The fourth-order valence-electron chi connectivity index (χ4n) is 7.16. The maximum absolute atomic E-state index is 4.95. The van der Waals surface area contributed by atoms with Gasteiger partial charge in [0, 0.05) is 11.0 Å². The highest BCUT2D eigenvalue weighted by atomic mass is 15.3. The van der Waals surface area contributed by atoms with Crippen molar-refractivity contribution in [3.8, 4) is 17.1 Å². The van der Waals surface area contributed by atoms with Crippen molar-refractivity contribution in [2.75, 3.05) is 0 Å². The van der Waals surface area contributed by atoms with Crippen LogP contribution in [0.3, 0.4) is 0 Å². The Bertz CT molecular complexity index is 1010. The van der Waals surface area contributed by atoms with Crippen LogP contribution >= 0.6 is 0 Å². The summed E-state index contributed by atoms with van der Waals surface area (Å²) >= 11 is 0. The minimum atomic E-state index is 0.212. The van der Waals surface area contributed by atoms with Gasteiger partial charge in [-0.1, -0.05) is 48.5 Å². The number of hydrogen-bond acceptors (Lipinski definition) is 2. The molecular formula is C26H29N3. The summed E-state index contributed by atoms with van der Waals surface area (Å²) in [5, 5.41) is 9.77. The molecule has 0 saturated heterocycles. The first kappa shape index (κ1) is 17.4. The Morgan fingerprint density at radius 1 is 0.759 bits per heavy atom. The van der Waals surface area contributed by atoms with Crippen LogP contribution in [0.4, 0.5) is 0 Å². The van der Waals surface area contributed by atoms with Crippen LogP contribution in [0.2, 0.25) is 0 Å². The molecule has 29 heavy (non-hydrogen) atoms. The minimum Gasteiger partial charge on any atom is -0.278 e. The lowest BCUT2D eigenvalue weighted by atomic mass is 9.49. The van der Waals surface area contributed by atoms with Crippen molar-refractivity contribution in [1.29, 1.82) is 0 Å². The smallest absolute Gasteiger partial charge is 0.168 e. The Labute approximate surface area is 173 Å². The van der Waals surface area contributed by atoms with E-state index in [4.69, 9.17) is 10.2 Å². The Morgan fingerprint density at radius 2 is 1.34 bits per heavy atom. The third-order valence-corrected chi connectivity index (χ3v) is 7.87. The van der Waals surface area contributed by atoms with Gasteiger partial charge in [-0.05, 0) is 81.3 Å². The highest BCUT2D eigenvalue weighted by molar-refractivity contribution is 5.61. The normalized spacial score (nSPS) is 30.1. The van der Waals surface area contributed by atoms with E-state index in [0.717, 1.165) is 29.1 Å². The topological polar surface area (TPSA) is 30.7 Å². The quantitative estimate of drug-likeness (QED) is 0.554. The molecule has 2 aromatic carbocycles. The Kier molecular flexibility index (Phi) is 3.78. The number of aromatic nitrogens is 3. The summed E-state index contributed by atoms with van der Waals surface area (Å²) in [7, 11) is 0. The summed E-state index contributed by atoms with van der Waals surface area (Å²) in [5.74, 6) is 4.90. The average molecular weight is 384 g/mol. The molecule has 4 saturated carbocycles. The van der Waals surface area contributed by atoms with Crippen LogP contribution in [-0.4, -0.2) is 14.8 Å². The molecule has 0 radical (unpaired) electrons. The lowest BCUT2D eigenvalue weighted by molar-refractivity contribution is -0.0102. The van der Waals surface area contributed by atoms with E-state index in [1.54, 1.807) is 0 Å². The van der Waals surface area contributed by atoms with Crippen LogP contribution in [0.1, 0.15) is 55.5 Å². The van der Waals surface area contributed by atoms with Crippen LogP contribution in [0.5, 0.6) is 0 Å². The second kappa shape index (κ2) is 6.29. The first-order chi connectivity index (χ1) is 14.1. The number of rotatable bonds is 3. The maximum atomic E-state index is 4.95. The van der Waals surface area contributed by atoms with Gasteiger partial charge in [0.25, 0.3) is 0 Å². The second-order valence-corrected chi connectivity index (χ2v) is 9.99. The lowest BCUT2D eigenvalue weighted by Gasteiger charge is -2.56. The Morgan fingerprint density at radius 3 is 1.93 bits per heavy atom. The summed E-state index contributed by atoms with van der Waals surface area (Å²) in [6.45, 7) is 4.45. The zero-order valence-corrected chi connectivity index (χ0v) is 17.4. The second-order valence-electron chi connectivity index (χ2n) is 9.99. The molecule has 1 aromatic heterocycles. The lowest BCUT2D eigenvalue weighted by Crippen LogP contribution is -2.49. The van der Waals surface area contributed by atoms with E-state index in [1.165, 1.54) is 61.2 Å². The van der Waals surface area contributed by atoms with Gasteiger partial charge in [-0.15, -0.1) is 10.2 Å². The van der Waals surface area contributed by atoms with Crippen molar-refractivity contribution in [2.45, 2.75) is 57.8 Å². The van der Waals surface area contributed by atoms with E-state index < -0.39 is 0 Å². The summed E-state index contributed by atoms with van der Waals surface area (Å²) in [5.41, 5.74) is 5.24. The number of benzene rings is 2. The van der Waals surface area contributed by atoms with E-state index in [1.807, 2.05) is 0 Å². The summed E-state index contributed by atoms with van der Waals surface area (Å²) in [6, 6.07) is 17.2. The molecule has 0 unspecified atom stereocenters. The van der Waals surface area contributed by atoms with Gasteiger partial charge in [-0.2, -0.15) is 0 Å². The molecule has 1 heterocycles. The van der Waals surface area contributed by atoms with E-state index in [-0.39, 0.29) is 5.41 Å². The van der Waals surface area contributed by atoms with Crippen molar-refractivity contribution in [3.63, 3.8) is 0 Å². The monoisotopic (exact) mass is 383 g/mol. The van der Waals surface area contributed by atoms with Gasteiger partial charge < -0.3 is 0 Å². The predicted molar refractivity (Wildman–Crippen MR) is 116 cm³/mol. The van der Waals surface area contributed by atoms with Crippen LogP contribution < -0.4 is 0 Å². The molecule has 3 aromatic rings. The van der Waals surface area contributed by atoms with Crippen molar-refractivity contribution >= 4 is 0 Å². The standard InChI is InChI=1S/C26H29N3/c1-17-7-6-8-18(2)23(17)29-24(22-9-4-3-5-10-22)27-28-25(29)26-14-19-11-20(15-26)13-21(12-19)16-26/h3-10,19-21H,11-16H2,1-2H3. The molecule has 4 aliphatic rings. The van der Waals surface area contributed by atoms with Gasteiger partial charge in [-0.3, -0.25) is 4.57 Å². The third kappa shape index (κ3) is 2.63. The van der Waals surface area contributed by atoms with Crippen molar-refractivity contribution in [1.82, 2.24) is 14.8 Å². The number of para-hydroxylation sites is 1. The first-order valence-electron chi connectivity index (χ1n) is 11.2. The van der Waals surface area contributed by atoms with Crippen LogP contribution in [0, 0.1) is 31.6 Å². The zero-order valence-electron chi connectivity index (χ0n) is 17.4. The molecule has 0 atom stereocenters. The molecule has 148 valence electrons. The number of aryl methyl sites for hydroxylation is 2. The Balaban J connectivity index is 1.60. The minimum absolute atomic E-state index is 0.212. The third-order valence-electron chi connectivity index (χ3n) is 7.87. The summed E-state index contributed by atoms with van der Waals surface area (Å²) < 4.78 is 2.44. The first-order valence-corrected chi connectivity index (χ1v) is 11.2. The molecule has 4 aliphatic carbocycles. The Hall–Kier alpha value is -2.42. The molecule has 0 N–H and O–H groups in total. The van der Waals surface area contributed by atoms with Gasteiger partial charge >= 0.3 is 0 Å². The van der Waals surface area contributed by atoms with Gasteiger partial charge in [0.15, 0.2) is 5.82 Å². The molecule has 0 amide bonds. The largest absolute Gasteiger partial charge is 0.278 e. The van der Waals surface area contributed by atoms with Crippen molar-refractivity contribution < 1.29 is 0 Å². The molecule has 0 spiro atoms. The number of hydrogen-bond donors (Lipinski definition) is 0. The molecule has 7 rings (SSSR count). The molecule has 4 fully saturated rings. The van der Waals surface area contributed by atoms with E-state index in [9.17, 15) is 0 Å². The summed E-state index contributed by atoms with van der Waals surface area (Å²) in [4.78, 5) is 0.